The largest absolute Gasteiger partial charge is 0.321 e. The molecule has 4 aromatic rings. The number of fused-ring (bicyclic) bond motifs is 1. The molecule has 8 heteroatoms. The molecule has 0 aliphatic carbocycles. The van der Waals surface area contributed by atoms with Gasteiger partial charge in [0.05, 0.1) is 0 Å². The normalized spacial score (nSPS) is 10.8. The van der Waals surface area contributed by atoms with E-state index in [1.165, 1.54) is 10.5 Å². The summed E-state index contributed by atoms with van der Waals surface area (Å²) in [5.41, 5.74) is 3.20. The minimum Gasteiger partial charge on any atom is -0.321 e. The number of nitrogens with zero attached hydrogens (tertiary/aromatic N) is 2. The molecule has 2 aromatic heterocycles. The molecule has 0 atom stereocenters. The summed E-state index contributed by atoms with van der Waals surface area (Å²) in [4.78, 5) is 43.8. The van der Waals surface area contributed by atoms with Crippen molar-refractivity contribution in [1.82, 2.24) is 9.38 Å². The summed E-state index contributed by atoms with van der Waals surface area (Å²) >= 11 is 1.00. The molecule has 0 radical (unpaired) electrons. The summed E-state index contributed by atoms with van der Waals surface area (Å²) in [7, 11) is 0. The monoisotopic (exact) mass is 432 g/mol. The third kappa shape index (κ3) is 3.97. The van der Waals surface area contributed by atoms with Gasteiger partial charge in [-0.25, -0.2) is 9.38 Å². The van der Waals surface area contributed by atoms with E-state index in [1.807, 2.05) is 32.0 Å². The van der Waals surface area contributed by atoms with Crippen molar-refractivity contribution in [3.8, 4) is 0 Å². The maximum absolute atomic E-state index is 13.3. The summed E-state index contributed by atoms with van der Waals surface area (Å²) in [6, 6.07) is 15.8. The number of benzene rings is 2. The van der Waals surface area contributed by atoms with E-state index in [0.29, 0.717) is 17.1 Å². The van der Waals surface area contributed by atoms with Crippen LogP contribution in [0.5, 0.6) is 0 Å². The Balaban J connectivity index is 1.82. The molecule has 2 N–H and O–H groups in total. The Morgan fingerprint density at radius 2 is 1.68 bits per heavy atom. The third-order valence-electron chi connectivity index (χ3n) is 4.95. The predicted molar refractivity (Wildman–Crippen MR) is 122 cm³/mol. The van der Waals surface area contributed by atoms with Crippen molar-refractivity contribution in [3.63, 3.8) is 0 Å². The molecule has 0 aliphatic rings. The van der Waals surface area contributed by atoms with Crippen molar-refractivity contribution < 1.29 is 9.59 Å². The van der Waals surface area contributed by atoms with E-state index >= 15 is 0 Å². The van der Waals surface area contributed by atoms with Gasteiger partial charge in [0.15, 0.2) is 4.96 Å². The molecule has 0 aliphatic heterocycles. The Morgan fingerprint density at radius 3 is 2.42 bits per heavy atom. The number of thiazole rings is 1. The van der Waals surface area contributed by atoms with E-state index in [-0.39, 0.29) is 15.5 Å². The fraction of sp³-hybridized carbons (Fsp3) is 0.130. The van der Waals surface area contributed by atoms with E-state index in [1.54, 1.807) is 37.3 Å². The van der Waals surface area contributed by atoms with E-state index < -0.39 is 17.4 Å². The molecular formula is C23H20N4O3S. The van der Waals surface area contributed by atoms with Crippen molar-refractivity contribution in [2.45, 2.75) is 20.8 Å². The van der Waals surface area contributed by atoms with E-state index in [0.717, 1.165) is 22.5 Å². The molecular weight excluding hydrogens is 412 g/mol. The first-order valence-corrected chi connectivity index (χ1v) is 10.4. The van der Waals surface area contributed by atoms with Crippen LogP contribution in [0.3, 0.4) is 0 Å². The second-order valence-corrected chi connectivity index (χ2v) is 8.13. The smallest absolute Gasteiger partial charge is 0.274 e. The van der Waals surface area contributed by atoms with Gasteiger partial charge >= 0.3 is 0 Å². The summed E-state index contributed by atoms with van der Waals surface area (Å²) in [6.07, 6.45) is 0. The number of nitrogens with one attached hydrogen (secondary N) is 2. The lowest BCUT2D eigenvalue weighted by atomic mass is 10.1. The molecule has 2 aromatic carbocycles. The number of para-hydroxylation sites is 1. The molecule has 2 heterocycles. The lowest BCUT2D eigenvalue weighted by molar-refractivity contribution is 0.0989. The first kappa shape index (κ1) is 20.5. The average Bonchev–Trinajstić information content (AvgIpc) is 3.12. The average molecular weight is 433 g/mol. The Hall–Kier alpha value is -3.78. The number of hydrogen-bond donors (Lipinski definition) is 2. The highest BCUT2D eigenvalue weighted by Crippen LogP contribution is 2.25. The number of amides is 2. The van der Waals surface area contributed by atoms with Crippen LogP contribution in [0, 0.1) is 20.8 Å². The van der Waals surface area contributed by atoms with Crippen LogP contribution in [0.15, 0.2) is 59.4 Å². The molecule has 0 unspecified atom stereocenters. The zero-order valence-corrected chi connectivity index (χ0v) is 18.0. The van der Waals surface area contributed by atoms with Crippen LogP contribution in [-0.2, 0) is 0 Å². The van der Waals surface area contributed by atoms with Crippen LogP contribution in [0.25, 0.3) is 4.96 Å². The van der Waals surface area contributed by atoms with Crippen LogP contribution >= 0.6 is 11.3 Å². The van der Waals surface area contributed by atoms with Crippen LogP contribution < -0.4 is 16.2 Å². The van der Waals surface area contributed by atoms with Gasteiger partial charge in [0.25, 0.3) is 17.4 Å². The zero-order valence-electron chi connectivity index (χ0n) is 17.2. The third-order valence-corrected chi connectivity index (χ3v) is 5.99. The van der Waals surface area contributed by atoms with Crippen LogP contribution in [0.1, 0.15) is 37.0 Å². The molecule has 4 rings (SSSR count). The minimum absolute atomic E-state index is 0.0353. The summed E-state index contributed by atoms with van der Waals surface area (Å²) in [5.74, 6) is -1.03. The highest BCUT2D eigenvalue weighted by molar-refractivity contribution is 7.19. The Bertz CT molecular complexity index is 1370. The van der Waals surface area contributed by atoms with E-state index in [2.05, 4.69) is 15.6 Å². The summed E-state index contributed by atoms with van der Waals surface area (Å²) in [6.45, 7) is 5.54. The lowest BCUT2D eigenvalue weighted by Gasteiger charge is -2.11. The van der Waals surface area contributed by atoms with E-state index in [9.17, 15) is 14.4 Å². The fourth-order valence-electron chi connectivity index (χ4n) is 3.22. The lowest BCUT2D eigenvalue weighted by Crippen LogP contribution is -2.25. The van der Waals surface area contributed by atoms with Gasteiger partial charge in [-0.2, -0.15) is 0 Å². The maximum atomic E-state index is 13.3. The molecule has 31 heavy (non-hydrogen) atoms. The van der Waals surface area contributed by atoms with Gasteiger partial charge < -0.3 is 10.6 Å². The van der Waals surface area contributed by atoms with Crippen molar-refractivity contribution >= 4 is 39.5 Å². The number of carbonyl (C=O) groups is 2. The predicted octanol–water partition coefficient (Wildman–Crippen LogP) is 4.19. The number of aryl methyl sites for hydroxylation is 2. The molecule has 0 fully saturated rings. The quantitative estimate of drug-likeness (QED) is 0.506. The van der Waals surface area contributed by atoms with Gasteiger partial charge in [0.2, 0.25) is 0 Å². The Labute approximate surface area is 182 Å². The van der Waals surface area contributed by atoms with Crippen molar-refractivity contribution in [2.24, 2.45) is 0 Å². The Kier molecular flexibility index (Phi) is 5.39. The standard InChI is InChI=1S/C23H20N4O3S/c1-13-8-7-11-17(15(13)3)26-21(29)19-20(22(30)25-16-9-5-4-6-10-16)31-23-24-14(2)12-18(28)27(19)23/h4-12H,1-3H3,(H,25,30)(H,26,29). The molecule has 0 bridgehead atoms. The highest BCUT2D eigenvalue weighted by Gasteiger charge is 2.26. The summed E-state index contributed by atoms with van der Waals surface area (Å²) < 4.78 is 1.19. The maximum Gasteiger partial charge on any atom is 0.274 e. The fourth-order valence-corrected chi connectivity index (χ4v) is 4.29. The van der Waals surface area contributed by atoms with Crippen molar-refractivity contribution in [3.05, 3.63) is 92.3 Å². The van der Waals surface area contributed by atoms with Crippen LogP contribution in [-0.4, -0.2) is 21.2 Å². The number of rotatable bonds is 4. The van der Waals surface area contributed by atoms with Crippen molar-refractivity contribution in [1.29, 1.82) is 0 Å². The highest BCUT2D eigenvalue weighted by atomic mass is 32.1. The number of carbonyl (C=O) groups excluding carboxylic acids is 2. The number of anilines is 2. The molecule has 156 valence electrons. The SMILES string of the molecule is Cc1cc(=O)n2c(C(=O)Nc3cccc(C)c3C)c(C(=O)Nc3ccccc3)sc2n1. The molecule has 2 amide bonds. The van der Waals surface area contributed by atoms with Crippen molar-refractivity contribution in [2.75, 3.05) is 10.6 Å². The molecule has 0 saturated heterocycles. The second-order valence-electron chi connectivity index (χ2n) is 7.16. The number of aromatic nitrogens is 2. The van der Waals surface area contributed by atoms with Gasteiger partial charge in [0.1, 0.15) is 10.6 Å². The van der Waals surface area contributed by atoms with Gasteiger partial charge in [-0.1, -0.05) is 41.7 Å². The van der Waals surface area contributed by atoms with Gasteiger partial charge in [-0.05, 0) is 50.1 Å². The summed E-state index contributed by atoms with van der Waals surface area (Å²) in [5, 5.41) is 5.63. The first-order chi connectivity index (χ1) is 14.8. The topological polar surface area (TPSA) is 92.6 Å². The second kappa shape index (κ2) is 8.16. The molecule has 7 nitrogen and oxygen atoms in total. The minimum atomic E-state index is -0.550. The van der Waals surface area contributed by atoms with Crippen LogP contribution in [0.4, 0.5) is 11.4 Å². The van der Waals surface area contributed by atoms with Crippen LogP contribution in [0.2, 0.25) is 0 Å². The van der Waals surface area contributed by atoms with Gasteiger partial charge in [0, 0.05) is 23.1 Å². The Morgan fingerprint density at radius 1 is 0.935 bits per heavy atom. The van der Waals surface area contributed by atoms with E-state index in [4.69, 9.17) is 0 Å². The first-order valence-electron chi connectivity index (χ1n) is 9.62. The molecule has 0 spiro atoms. The molecule has 0 saturated carbocycles. The zero-order chi connectivity index (χ0) is 22.1. The van der Waals surface area contributed by atoms with Gasteiger partial charge in [-0.15, -0.1) is 0 Å². The number of hydrogen-bond acceptors (Lipinski definition) is 5. The van der Waals surface area contributed by atoms with Gasteiger partial charge in [-0.3, -0.25) is 14.4 Å².